The highest BCUT2D eigenvalue weighted by Crippen LogP contribution is 2.09. The third-order valence-electron chi connectivity index (χ3n) is 2.04. The van der Waals surface area contributed by atoms with Gasteiger partial charge in [-0.2, -0.15) is 0 Å². The van der Waals surface area contributed by atoms with Gasteiger partial charge >= 0.3 is 0 Å². The normalized spacial score (nSPS) is 9.25. The van der Waals surface area contributed by atoms with Gasteiger partial charge in [0.2, 0.25) is 0 Å². The summed E-state index contributed by atoms with van der Waals surface area (Å²) in [5.41, 5.74) is 0. The van der Waals surface area contributed by atoms with Crippen molar-refractivity contribution in [1.29, 1.82) is 0 Å². The van der Waals surface area contributed by atoms with Gasteiger partial charge in [-0.25, -0.2) is 0 Å². The average Bonchev–Trinajstić information content (AvgIpc) is 2.40. The van der Waals surface area contributed by atoms with Gasteiger partial charge < -0.3 is 0 Å². The monoisotopic (exact) mass is 230 g/mol. The summed E-state index contributed by atoms with van der Waals surface area (Å²) in [6.45, 7) is 20.4. The summed E-state index contributed by atoms with van der Waals surface area (Å²) in [5, 5.41) is 0. The summed E-state index contributed by atoms with van der Waals surface area (Å²) in [7, 11) is 0. The first-order valence-corrected chi connectivity index (χ1v) is 7.33. The summed E-state index contributed by atoms with van der Waals surface area (Å²) in [4.78, 5) is 0. The molecule has 0 rings (SSSR count). The van der Waals surface area contributed by atoms with Crippen LogP contribution < -0.4 is 0 Å². The molecule has 0 amide bonds. The molecule has 0 bridgehead atoms. The van der Waals surface area contributed by atoms with Crippen LogP contribution >= 0.6 is 0 Å². The molecule has 0 saturated heterocycles. The van der Waals surface area contributed by atoms with Gasteiger partial charge in [-0.1, -0.05) is 87.1 Å². The van der Waals surface area contributed by atoms with Crippen LogP contribution in [0.25, 0.3) is 0 Å². The minimum Gasteiger partial charge on any atom is -0.103 e. The third-order valence-corrected chi connectivity index (χ3v) is 2.04. The minimum absolute atomic E-state index is 0.954. The Morgan fingerprint density at radius 2 is 1.38 bits per heavy atom. The van der Waals surface area contributed by atoms with Crippen LogP contribution in [-0.2, 0) is 0 Å². The molecule has 0 aliphatic rings. The van der Waals surface area contributed by atoms with Crippen LogP contribution in [0.3, 0.4) is 0 Å². The molecule has 0 aromatic carbocycles. The Morgan fingerprint density at radius 3 is 1.56 bits per heavy atom. The Bertz CT molecular complexity index is 74.1. The van der Waals surface area contributed by atoms with Crippen LogP contribution in [0.4, 0.5) is 0 Å². The van der Waals surface area contributed by atoms with Gasteiger partial charge in [0.1, 0.15) is 0 Å². The van der Waals surface area contributed by atoms with Gasteiger partial charge in [0.05, 0.1) is 0 Å². The predicted octanol–water partition coefficient (Wildman–Crippen LogP) is 6.86. The van der Waals surface area contributed by atoms with Crippen LogP contribution in [0.2, 0.25) is 0 Å². The standard InChI is InChI=1S/C8H18.C4H8.2C2H6/c1-4-6-7-8(3)5-2;1-3-4-2;2*1-2/h8H,4-7H2,1-3H3;3H,1,4H2,2H3;2*1-2H3. The lowest BCUT2D eigenvalue weighted by atomic mass is 10.0. The molecule has 0 heterocycles. The molecule has 0 nitrogen and oxygen atoms in total. The second-order valence-electron chi connectivity index (χ2n) is 3.35. The van der Waals surface area contributed by atoms with E-state index in [1.54, 1.807) is 0 Å². The van der Waals surface area contributed by atoms with Gasteiger partial charge in [0.25, 0.3) is 0 Å². The average molecular weight is 230 g/mol. The van der Waals surface area contributed by atoms with Crippen molar-refractivity contribution in [2.24, 2.45) is 5.92 Å². The van der Waals surface area contributed by atoms with Crippen LogP contribution in [0, 0.1) is 5.92 Å². The van der Waals surface area contributed by atoms with Crippen LogP contribution in [-0.4, -0.2) is 0 Å². The second-order valence-corrected chi connectivity index (χ2v) is 3.35. The summed E-state index contributed by atoms with van der Waals surface area (Å²) in [6, 6.07) is 0. The summed E-state index contributed by atoms with van der Waals surface area (Å²) < 4.78 is 0. The van der Waals surface area contributed by atoms with E-state index < -0.39 is 0 Å². The summed E-state index contributed by atoms with van der Waals surface area (Å²) in [5.74, 6) is 0.954. The van der Waals surface area contributed by atoms with E-state index >= 15 is 0 Å². The Labute approximate surface area is 107 Å². The van der Waals surface area contributed by atoms with Crippen molar-refractivity contribution in [1.82, 2.24) is 0 Å². The molecule has 1 atom stereocenters. The fourth-order valence-electron chi connectivity index (χ4n) is 0.757. The fourth-order valence-corrected chi connectivity index (χ4v) is 0.757. The van der Waals surface area contributed by atoms with Crippen LogP contribution in [0.5, 0.6) is 0 Å². The smallest absolute Gasteiger partial charge is 0.0382 e. The van der Waals surface area contributed by atoms with Crippen molar-refractivity contribution in [3.63, 3.8) is 0 Å². The Hall–Kier alpha value is -0.260. The van der Waals surface area contributed by atoms with Gasteiger partial charge in [-0.05, 0) is 12.3 Å². The minimum atomic E-state index is 0.954. The molecule has 0 heteroatoms. The molecular formula is C16H38. The van der Waals surface area contributed by atoms with Crippen molar-refractivity contribution < 1.29 is 0 Å². The lowest BCUT2D eigenvalue weighted by molar-refractivity contribution is 0.492. The van der Waals surface area contributed by atoms with Crippen molar-refractivity contribution in [3.8, 4) is 0 Å². The van der Waals surface area contributed by atoms with Crippen molar-refractivity contribution in [3.05, 3.63) is 12.7 Å². The third kappa shape index (κ3) is 49.1. The SMILES string of the molecule is C=CCC.CC.CC.CCCCC(C)CC. The summed E-state index contributed by atoms with van der Waals surface area (Å²) in [6.07, 6.45) is 8.49. The van der Waals surface area contributed by atoms with E-state index in [9.17, 15) is 0 Å². The lowest BCUT2D eigenvalue weighted by Gasteiger charge is -2.04. The molecule has 0 aliphatic carbocycles. The zero-order valence-corrected chi connectivity index (χ0v) is 13.4. The molecule has 0 saturated carbocycles. The maximum atomic E-state index is 3.48. The molecule has 0 aromatic rings. The number of unbranched alkanes of at least 4 members (excludes halogenated alkanes) is 1. The molecule has 102 valence electrons. The molecule has 16 heavy (non-hydrogen) atoms. The maximum Gasteiger partial charge on any atom is -0.0382 e. The van der Waals surface area contributed by atoms with Gasteiger partial charge in [0, 0.05) is 0 Å². The molecule has 0 aliphatic heterocycles. The molecule has 0 fully saturated rings. The van der Waals surface area contributed by atoms with E-state index in [1.807, 2.05) is 33.8 Å². The van der Waals surface area contributed by atoms with Gasteiger partial charge in [-0.15, -0.1) is 6.58 Å². The molecule has 1 unspecified atom stereocenters. The van der Waals surface area contributed by atoms with Crippen molar-refractivity contribution in [2.45, 2.75) is 87.5 Å². The first kappa shape index (κ1) is 24.8. The molecule has 0 radical (unpaired) electrons. The van der Waals surface area contributed by atoms with E-state index in [0.717, 1.165) is 12.3 Å². The zero-order valence-electron chi connectivity index (χ0n) is 13.4. The van der Waals surface area contributed by atoms with E-state index in [2.05, 4.69) is 34.3 Å². The fraction of sp³-hybridized carbons (Fsp3) is 0.875. The highest BCUT2D eigenvalue weighted by molar-refractivity contribution is 4.60. The Balaban J connectivity index is -0.0000000761. The highest BCUT2D eigenvalue weighted by atomic mass is 14.0. The Kier molecular flexibility index (Phi) is 56.5. The summed E-state index contributed by atoms with van der Waals surface area (Å²) >= 11 is 0. The number of hydrogen-bond donors (Lipinski definition) is 0. The van der Waals surface area contributed by atoms with E-state index in [4.69, 9.17) is 0 Å². The number of hydrogen-bond acceptors (Lipinski definition) is 0. The topological polar surface area (TPSA) is 0 Å². The molecular weight excluding hydrogens is 192 g/mol. The first-order chi connectivity index (χ1) is 7.72. The lowest BCUT2D eigenvalue weighted by Crippen LogP contribution is -1.89. The molecule has 0 aromatic heterocycles. The van der Waals surface area contributed by atoms with Crippen molar-refractivity contribution in [2.75, 3.05) is 0 Å². The molecule has 0 N–H and O–H groups in total. The largest absolute Gasteiger partial charge is 0.103 e. The van der Waals surface area contributed by atoms with E-state index in [0.29, 0.717) is 0 Å². The zero-order chi connectivity index (χ0) is 13.8. The highest BCUT2D eigenvalue weighted by Gasteiger charge is 1.94. The van der Waals surface area contributed by atoms with E-state index in [1.165, 1.54) is 25.7 Å². The number of allylic oxidation sites excluding steroid dienone is 1. The van der Waals surface area contributed by atoms with Crippen LogP contribution in [0.1, 0.15) is 87.5 Å². The molecule has 0 spiro atoms. The number of rotatable bonds is 5. The maximum absolute atomic E-state index is 3.48. The predicted molar refractivity (Wildman–Crippen MR) is 82.2 cm³/mol. The van der Waals surface area contributed by atoms with E-state index in [-0.39, 0.29) is 0 Å². The Morgan fingerprint density at radius 1 is 1.00 bits per heavy atom. The quantitative estimate of drug-likeness (QED) is 0.453. The first-order valence-electron chi connectivity index (χ1n) is 7.33. The van der Waals surface area contributed by atoms with Gasteiger partial charge in [0.15, 0.2) is 0 Å². The van der Waals surface area contributed by atoms with Crippen LogP contribution in [0.15, 0.2) is 12.7 Å². The van der Waals surface area contributed by atoms with Gasteiger partial charge in [-0.3, -0.25) is 0 Å². The van der Waals surface area contributed by atoms with Crippen molar-refractivity contribution >= 4 is 0 Å². The second kappa shape index (κ2) is 36.4.